The van der Waals surface area contributed by atoms with Crippen LogP contribution in [0, 0.1) is 19.7 Å². The van der Waals surface area contributed by atoms with Crippen molar-refractivity contribution in [3.05, 3.63) is 101 Å². The predicted molar refractivity (Wildman–Crippen MR) is 108 cm³/mol. The Labute approximate surface area is 163 Å². The maximum Gasteiger partial charge on any atom is 0.250 e. The van der Waals surface area contributed by atoms with Crippen LogP contribution in [0.4, 0.5) is 10.1 Å². The minimum atomic E-state index is -0.393. The van der Waals surface area contributed by atoms with Gasteiger partial charge >= 0.3 is 0 Å². The number of halogens is 1. The number of aryl methyl sites for hydroxylation is 2. The molecule has 0 saturated carbocycles. The molecule has 28 heavy (non-hydrogen) atoms. The summed E-state index contributed by atoms with van der Waals surface area (Å²) in [5.74, 6) is 0.148. The summed E-state index contributed by atoms with van der Waals surface area (Å²) in [6.45, 7) is 4.15. The molecule has 1 aromatic heterocycles. The van der Waals surface area contributed by atoms with Gasteiger partial charge < -0.3 is 9.73 Å². The van der Waals surface area contributed by atoms with E-state index in [1.165, 1.54) is 17.2 Å². The largest absolute Gasteiger partial charge is 0.418 e. The van der Waals surface area contributed by atoms with Gasteiger partial charge in [-0.2, -0.15) is 0 Å². The molecule has 0 aliphatic heterocycles. The second-order valence-corrected chi connectivity index (χ2v) is 6.71. The van der Waals surface area contributed by atoms with E-state index < -0.39 is 5.82 Å². The number of rotatable bonds is 5. The molecule has 140 valence electrons. The maximum atomic E-state index is 14.1. The molecule has 0 aliphatic carbocycles. The Morgan fingerprint density at radius 3 is 2.36 bits per heavy atom. The van der Waals surface area contributed by atoms with Crippen LogP contribution in [0.2, 0.25) is 0 Å². The lowest BCUT2D eigenvalue weighted by molar-refractivity contribution is 0.490. The highest BCUT2D eigenvalue weighted by atomic mass is 19.1. The predicted octanol–water partition coefficient (Wildman–Crippen LogP) is 5.69. The van der Waals surface area contributed by atoms with E-state index in [0.29, 0.717) is 11.5 Å². The van der Waals surface area contributed by atoms with Crippen LogP contribution in [-0.4, -0.2) is 10.2 Å². The summed E-state index contributed by atoms with van der Waals surface area (Å²) < 4.78 is 20.0. The molecule has 5 heteroatoms. The maximum absolute atomic E-state index is 14.1. The fraction of sp³-hybridized carbons (Fsp3) is 0.130. The highest BCUT2D eigenvalue weighted by Gasteiger charge is 2.22. The zero-order chi connectivity index (χ0) is 19.5. The Hall–Kier alpha value is -3.47. The third-order valence-corrected chi connectivity index (χ3v) is 4.74. The van der Waals surface area contributed by atoms with Crippen LogP contribution in [0.3, 0.4) is 0 Å². The van der Waals surface area contributed by atoms with E-state index in [0.717, 1.165) is 11.3 Å². The van der Waals surface area contributed by atoms with Gasteiger partial charge in [-0.25, -0.2) is 4.39 Å². The van der Waals surface area contributed by atoms with Gasteiger partial charge in [-0.05, 0) is 54.8 Å². The van der Waals surface area contributed by atoms with Gasteiger partial charge in [0.05, 0.1) is 5.56 Å². The molecule has 1 heterocycles. The fourth-order valence-corrected chi connectivity index (χ4v) is 3.03. The van der Waals surface area contributed by atoms with E-state index in [2.05, 4.69) is 41.5 Å². The smallest absolute Gasteiger partial charge is 0.250 e. The van der Waals surface area contributed by atoms with Crippen molar-refractivity contribution in [3.63, 3.8) is 0 Å². The van der Waals surface area contributed by atoms with Crippen molar-refractivity contribution in [1.82, 2.24) is 10.2 Å². The van der Waals surface area contributed by atoms with E-state index in [-0.39, 0.29) is 11.9 Å². The topological polar surface area (TPSA) is 51.0 Å². The number of benzene rings is 3. The van der Waals surface area contributed by atoms with Gasteiger partial charge in [-0.3, -0.25) is 0 Å². The molecule has 0 spiro atoms. The van der Waals surface area contributed by atoms with Gasteiger partial charge in [0.1, 0.15) is 11.9 Å². The first kappa shape index (κ1) is 17.9. The first-order chi connectivity index (χ1) is 13.6. The van der Waals surface area contributed by atoms with Gasteiger partial charge in [-0.1, -0.05) is 48.5 Å². The SMILES string of the molecule is Cc1ccc(N[C@@H](c2ccccc2)c2nnc(-c3ccccc3F)o2)cc1C. The minimum Gasteiger partial charge on any atom is -0.418 e. The molecule has 3 aromatic carbocycles. The number of nitrogens with one attached hydrogen (secondary N) is 1. The van der Waals surface area contributed by atoms with Crippen molar-refractivity contribution < 1.29 is 8.81 Å². The van der Waals surface area contributed by atoms with Gasteiger partial charge in [0.2, 0.25) is 5.89 Å². The average molecular weight is 373 g/mol. The second kappa shape index (κ2) is 7.64. The van der Waals surface area contributed by atoms with E-state index in [9.17, 15) is 4.39 Å². The molecule has 4 rings (SSSR count). The Morgan fingerprint density at radius 2 is 1.61 bits per heavy atom. The highest BCUT2D eigenvalue weighted by molar-refractivity contribution is 5.54. The molecule has 0 amide bonds. The lowest BCUT2D eigenvalue weighted by Gasteiger charge is -2.18. The number of nitrogens with zero attached hydrogens (tertiary/aromatic N) is 2. The molecule has 4 aromatic rings. The summed E-state index contributed by atoms with van der Waals surface area (Å²) in [4.78, 5) is 0. The summed E-state index contributed by atoms with van der Waals surface area (Å²) in [5.41, 5.74) is 4.63. The minimum absolute atomic E-state index is 0.163. The van der Waals surface area contributed by atoms with Crippen molar-refractivity contribution in [1.29, 1.82) is 0 Å². The lowest BCUT2D eigenvalue weighted by atomic mass is 10.1. The summed E-state index contributed by atoms with van der Waals surface area (Å²) >= 11 is 0. The summed E-state index contributed by atoms with van der Waals surface area (Å²) in [6.07, 6.45) is 0. The van der Waals surface area contributed by atoms with Crippen LogP contribution in [0.25, 0.3) is 11.5 Å². The molecule has 0 aliphatic rings. The molecule has 0 saturated heterocycles. The van der Waals surface area contributed by atoms with E-state index in [1.54, 1.807) is 18.2 Å². The molecule has 0 fully saturated rings. The molecule has 1 N–H and O–H groups in total. The Morgan fingerprint density at radius 1 is 0.857 bits per heavy atom. The second-order valence-electron chi connectivity index (χ2n) is 6.71. The van der Waals surface area contributed by atoms with Crippen LogP contribution in [0.1, 0.15) is 28.6 Å². The van der Waals surface area contributed by atoms with Crippen molar-refractivity contribution in [2.45, 2.75) is 19.9 Å². The molecule has 4 nitrogen and oxygen atoms in total. The van der Waals surface area contributed by atoms with Gasteiger partial charge in [-0.15, -0.1) is 10.2 Å². The Balaban J connectivity index is 1.72. The number of hydrogen-bond donors (Lipinski definition) is 1. The normalized spacial score (nSPS) is 12.0. The zero-order valence-corrected chi connectivity index (χ0v) is 15.7. The quantitative estimate of drug-likeness (QED) is 0.488. The average Bonchev–Trinajstić information content (AvgIpc) is 3.19. The summed E-state index contributed by atoms with van der Waals surface area (Å²) in [7, 11) is 0. The van der Waals surface area contributed by atoms with Crippen LogP contribution < -0.4 is 5.32 Å². The lowest BCUT2D eigenvalue weighted by Crippen LogP contribution is -2.13. The monoisotopic (exact) mass is 373 g/mol. The van der Waals surface area contributed by atoms with Crippen LogP contribution in [-0.2, 0) is 0 Å². The molecular weight excluding hydrogens is 353 g/mol. The van der Waals surface area contributed by atoms with Crippen molar-refractivity contribution in [2.24, 2.45) is 0 Å². The fourth-order valence-electron chi connectivity index (χ4n) is 3.03. The standard InChI is InChI=1S/C23H20FN3O/c1-15-12-13-18(14-16(15)2)25-21(17-8-4-3-5-9-17)23-27-26-22(28-23)19-10-6-7-11-20(19)24/h3-14,21,25H,1-2H3/t21-/m0/s1. The molecule has 0 radical (unpaired) electrons. The molecule has 0 bridgehead atoms. The van der Waals surface area contributed by atoms with Crippen LogP contribution >= 0.6 is 0 Å². The molecular formula is C23H20FN3O. The highest BCUT2D eigenvalue weighted by Crippen LogP contribution is 2.29. The summed E-state index contributed by atoms with van der Waals surface area (Å²) in [5, 5.41) is 11.7. The molecule has 0 unspecified atom stereocenters. The van der Waals surface area contributed by atoms with Gasteiger partial charge in [0, 0.05) is 5.69 Å². The number of anilines is 1. The van der Waals surface area contributed by atoms with E-state index in [4.69, 9.17) is 4.42 Å². The van der Waals surface area contributed by atoms with Crippen molar-refractivity contribution in [2.75, 3.05) is 5.32 Å². The number of hydrogen-bond acceptors (Lipinski definition) is 4. The van der Waals surface area contributed by atoms with Crippen LogP contribution in [0.5, 0.6) is 0 Å². The Bertz CT molecular complexity index is 1090. The zero-order valence-electron chi connectivity index (χ0n) is 15.7. The van der Waals surface area contributed by atoms with Crippen molar-refractivity contribution >= 4 is 5.69 Å². The van der Waals surface area contributed by atoms with E-state index >= 15 is 0 Å². The van der Waals surface area contributed by atoms with Crippen molar-refractivity contribution in [3.8, 4) is 11.5 Å². The molecule has 1 atom stereocenters. The third-order valence-electron chi connectivity index (χ3n) is 4.74. The first-order valence-corrected chi connectivity index (χ1v) is 9.09. The summed E-state index contributed by atoms with van der Waals surface area (Å²) in [6, 6.07) is 22.0. The first-order valence-electron chi connectivity index (χ1n) is 9.09. The Kier molecular flexibility index (Phi) is 4.89. The van der Waals surface area contributed by atoms with Gasteiger partial charge in [0.15, 0.2) is 0 Å². The van der Waals surface area contributed by atoms with Crippen LogP contribution in [0.15, 0.2) is 77.2 Å². The third kappa shape index (κ3) is 3.64. The number of aromatic nitrogens is 2. The van der Waals surface area contributed by atoms with E-state index in [1.807, 2.05) is 36.4 Å². The van der Waals surface area contributed by atoms with Gasteiger partial charge in [0.25, 0.3) is 5.89 Å².